The summed E-state index contributed by atoms with van der Waals surface area (Å²) in [5.74, 6) is 0.396. The van der Waals surface area contributed by atoms with Gasteiger partial charge >= 0.3 is 0 Å². The molecular formula is C22H21ClN4OS2. The van der Waals surface area contributed by atoms with Crippen LogP contribution in [0.1, 0.15) is 40.6 Å². The number of aromatic nitrogens is 2. The van der Waals surface area contributed by atoms with Crippen molar-refractivity contribution in [2.24, 2.45) is 0 Å². The van der Waals surface area contributed by atoms with E-state index in [0.717, 1.165) is 28.1 Å². The maximum absolute atomic E-state index is 12.5. The predicted octanol–water partition coefficient (Wildman–Crippen LogP) is 6.27. The Morgan fingerprint density at radius 3 is 2.57 bits per heavy atom. The zero-order valence-corrected chi connectivity index (χ0v) is 19.8. The Labute approximate surface area is 189 Å². The first-order valence-electron chi connectivity index (χ1n) is 9.24. The second-order valence-corrected chi connectivity index (χ2v) is 9.26. The van der Waals surface area contributed by atoms with Gasteiger partial charge in [0.1, 0.15) is 11.1 Å². The predicted molar refractivity (Wildman–Crippen MR) is 124 cm³/mol. The largest absolute Gasteiger partial charge is 0.274 e. The Morgan fingerprint density at radius 2 is 1.93 bits per heavy atom. The number of pyridine rings is 1. The maximum atomic E-state index is 12.5. The standard InChI is InChI=1S/C22H21ClN4OS2/c1-12-6-14(3)20(19(23)7-12)27(16(5)28)22-26-17(11-30-22)10-29-21-18(9-24)13(2)8-15(4)25-21/h6-8,11H,10H2,1-5H3. The van der Waals surface area contributed by atoms with Crippen molar-refractivity contribution in [2.45, 2.75) is 45.4 Å². The summed E-state index contributed by atoms with van der Waals surface area (Å²) >= 11 is 9.34. The molecule has 0 aliphatic heterocycles. The van der Waals surface area contributed by atoms with Gasteiger partial charge in [0, 0.05) is 23.8 Å². The Balaban J connectivity index is 1.89. The molecule has 0 unspecified atom stereocenters. The van der Waals surface area contributed by atoms with Crippen LogP contribution in [0.2, 0.25) is 5.02 Å². The topological polar surface area (TPSA) is 69.9 Å². The number of halogens is 1. The molecule has 0 radical (unpaired) electrons. The second-order valence-electron chi connectivity index (χ2n) is 7.05. The minimum absolute atomic E-state index is 0.153. The highest BCUT2D eigenvalue weighted by Crippen LogP contribution is 2.38. The Hall–Kier alpha value is -2.40. The van der Waals surface area contributed by atoms with Gasteiger partial charge < -0.3 is 0 Å². The number of benzene rings is 1. The normalized spacial score (nSPS) is 10.7. The van der Waals surface area contributed by atoms with Crippen LogP contribution in [0.5, 0.6) is 0 Å². The summed E-state index contributed by atoms with van der Waals surface area (Å²) in [6.45, 7) is 9.23. The van der Waals surface area contributed by atoms with Gasteiger partial charge in [0.2, 0.25) is 5.91 Å². The number of carbonyl (C=O) groups excluding carboxylic acids is 1. The van der Waals surface area contributed by atoms with Gasteiger partial charge in [-0.25, -0.2) is 9.97 Å². The van der Waals surface area contributed by atoms with E-state index < -0.39 is 0 Å². The molecule has 5 nitrogen and oxygen atoms in total. The van der Waals surface area contributed by atoms with Crippen molar-refractivity contribution in [1.29, 1.82) is 5.26 Å². The van der Waals surface area contributed by atoms with Gasteiger partial charge in [-0.2, -0.15) is 5.26 Å². The average molecular weight is 457 g/mol. The monoisotopic (exact) mass is 456 g/mol. The lowest BCUT2D eigenvalue weighted by Gasteiger charge is -2.22. The maximum Gasteiger partial charge on any atom is 0.230 e. The fourth-order valence-electron chi connectivity index (χ4n) is 3.23. The number of rotatable bonds is 5. The van der Waals surface area contributed by atoms with Crippen molar-refractivity contribution in [3.63, 3.8) is 0 Å². The molecular weight excluding hydrogens is 436 g/mol. The number of amides is 1. The molecule has 0 aliphatic rings. The molecule has 0 aliphatic carbocycles. The van der Waals surface area contributed by atoms with Crippen molar-refractivity contribution in [2.75, 3.05) is 4.90 Å². The molecule has 0 fully saturated rings. The van der Waals surface area contributed by atoms with Gasteiger partial charge in [0.05, 0.1) is 22.0 Å². The number of hydrogen-bond acceptors (Lipinski definition) is 6. The third kappa shape index (κ3) is 4.67. The van der Waals surface area contributed by atoms with Crippen LogP contribution in [0, 0.1) is 39.0 Å². The van der Waals surface area contributed by atoms with E-state index in [1.807, 2.05) is 51.3 Å². The minimum Gasteiger partial charge on any atom is -0.274 e. The van der Waals surface area contributed by atoms with Gasteiger partial charge in [-0.3, -0.25) is 9.69 Å². The second kappa shape index (κ2) is 9.17. The minimum atomic E-state index is -0.153. The van der Waals surface area contributed by atoms with Crippen molar-refractivity contribution in [1.82, 2.24) is 9.97 Å². The Morgan fingerprint density at radius 1 is 1.20 bits per heavy atom. The zero-order chi connectivity index (χ0) is 22.0. The van der Waals surface area contributed by atoms with Gasteiger partial charge in [-0.1, -0.05) is 29.4 Å². The van der Waals surface area contributed by atoms with Crippen LogP contribution >= 0.6 is 34.7 Å². The number of nitrogens with zero attached hydrogens (tertiary/aromatic N) is 4. The summed E-state index contributed by atoms with van der Waals surface area (Å²) in [5, 5.41) is 13.2. The van der Waals surface area contributed by atoms with E-state index in [4.69, 9.17) is 11.6 Å². The van der Waals surface area contributed by atoms with Crippen molar-refractivity contribution >= 4 is 51.4 Å². The van der Waals surface area contributed by atoms with Crippen LogP contribution in [0.4, 0.5) is 10.8 Å². The number of aryl methyl sites for hydroxylation is 4. The van der Waals surface area contributed by atoms with Gasteiger partial charge in [0.25, 0.3) is 0 Å². The van der Waals surface area contributed by atoms with Crippen LogP contribution in [0.3, 0.4) is 0 Å². The SMILES string of the molecule is CC(=O)N(c1nc(CSc2nc(C)cc(C)c2C#N)cs1)c1c(C)cc(C)cc1Cl. The number of thiazole rings is 1. The van der Waals surface area contributed by atoms with Crippen LogP contribution < -0.4 is 4.90 Å². The molecule has 30 heavy (non-hydrogen) atoms. The molecule has 0 atom stereocenters. The summed E-state index contributed by atoms with van der Waals surface area (Å²) in [7, 11) is 0. The first kappa shape index (κ1) is 22.3. The fourth-order valence-corrected chi connectivity index (χ4v) is 5.61. The van der Waals surface area contributed by atoms with Crippen LogP contribution in [0.15, 0.2) is 28.6 Å². The lowest BCUT2D eigenvalue weighted by Crippen LogP contribution is -2.24. The molecule has 0 saturated carbocycles. The van der Waals surface area contributed by atoms with Crippen LogP contribution in [-0.2, 0) is 10.5 Å². The highest BCUT2D eigenvalue weighted by Gasteiger charge is 2.23. The summed E-state index contributed by atoms with van der Waals surface area (Å²) in [4.78, 5) is 23.2. The molecule has 2 aromatic heterocycles. The molecule has 0 saturated heterocycles. The molecule has 8 heteroatoms. The average Bonchev–Trinajstić information content (AvgIpc) is 3.10. The quantitative estimate of drug-likeness (QED) is 0.423. The number of nitriles is 1. The van der Waals surface area contributed by atoms with E-state index in [0.29, 0.717) is 32.2 Å². The molecule has 0 spiro atoms. The summed E-state index contributed by atoms with van der Waals surface area (Å²) in [6, 6.07) is 7.98. The van der Waals surface area contributed by atoms with E-state index >= 15 is 0 Å². The molecule has 1 aromatic carbocycles. The highest BCUT2D eigenvalue weighted by atomic mass is 35.5. The Bertz CT molecular complexity index is 1140. The lowest BCUT2D eigenvalue weighted by atomic mass is 10.1. The first-order chi connectivity index (χ1) is 14.2. The summed E-state index contributed by atoms with van der Waals surface area (Å²) in [5.41, 5.74) is 5.81. The molecule has 0 N–H and O–H groups in total. The van der Waals surface area contributed by atoms with Crippen molar-refractivity contribution < 1.29 is 4.79 Å². The molecule has 2 heterocycles. The van der Waals surface area contributed by atoms with E-state index in [2.05, 4.69) is 16.0 Å². The van der Waals surface area contributed by atoms with Crippen LogP contribution in [0.25, 0.3) is 0 Å². The molecule has 3 aromatic rings. The molecule has 0 bridgehead atoms. The van der Waals surface area contributed by atoms with E-state index in [1.165, 1.54) is 30.0 Å². The number of carbonyl (C=O) groups is 1. The smallest absolute Gasteiger partial charge is 0.230 e. The lowest BCUT2D eigenvalue weighted by molar-refractivity contribution is -0.115. The van der Waals surface area contributed by atoms with E-state index in [-0.39, 0.29) is 5.91 Å². The first-order valence-corrected chi connectivity index (χ1v) is 11.5. The number of anilines is 2. The van der Waals surface area contributed by atoms with E-state index in [1.54, 1.807) is 4.90 Å². The molecule has 3 rings (SSSR count). The van der Waals surface area contributed by atoms with E-state index in [9.17, 15) is 10.1 Å². The summed E-state index contributed by atoms with van der Waals surface area (Å²) < 4.78 is 0. The third-order valence-electron chi connectivity index (χ3n) is 4.45. The fraction of sp³-hybridized carbons (Fsp3) is 0.273. The highest BCUT2D eigenvalue weighted by molar-refractivity contribution is 7.98. The Kier molecular flexibility index (Phi) is 6.81. The van der Waals surface area contributed by atoms with Crippen LogP contribution in [-0.4, -0.2) is 15.9 Å². The zero-order valence-electron chi connectivity index (χ0n) is 17.4. The summed E-state index contributed by atoms with van der Waals surface area (Å²) in [6.07, 6.45) is 0. The number of hydrogen-bond donors (Lipinski definition) is 0. The van der Waals surface area contributed by atoms with Crippen molar-refractivity contribution in [3.8, 4) is 6.07 Å². The van der Waals surface area contributed by atoms with Gasteiger partial charge in [-0.15, -0.1) is 11.3 Å². The molecule has 1 amide bonds. The molecule has 154 valence electrons. The third-order valence-corrected chi connectivity index (χ3v) is 6.62. The van der Waals surface area contributed by atoms with Gasteiger partial charge in [-0.05, 0) is 56.5 Å². The van der Waals surface area contributed by atoms with Crippen molar-refractivity contribution in [3.05, 3.63) is 62.2 Å². The number of thioether (sulfide) groups is 1. The van der Waals surface area contributed by atoms with Gasteiger partial charge in [0.15, 0.2) is 5.13 Å².